The van der Waals surface area contributed by atoms with Crippen LogP contribution in [-0.4, -0.2) is 17.7 Å². The Morgan fingerprint density at radius 1 is 1.32 bits per heavy atom. The highest BCUT2D eigenvalue weighted by Crippen LogP contribution is 2.18. The molecule has 0 atom stereocenters. The van der Waals surface area contributed by atoms with Crippen molar-refractivity contribution in [2.45, 2.75) is 18.4 Å². The molecule has 0 fully saturated rings. The molecule has 0 N–H and O–H groups in total. The van der Waals surface area contributed by atoms with Gasteiger partial charge in [-0.1, -0.05) is 35.5 Å². The lowest BCUT2D eigenvalue weighted by atomic mass is 10.2. The van der Waals surface area contributed by atoms with Gasteiger partial charge in [0.1, 0.15) is 5.76 Å². The zero-order chi connectivity index (χ0) is 13.5. The number of hydrogen-bond donors (Lipinski definition) is 0. The molecule has 0 saturated heterocycles. The number of aromatic nitrogens is 1. The summed E-state index contributed by atoms with van der Waals surface area (Å²) < 4.78 is 9.95. The number of carbonyl (C=O) groups is 1. The lowest BCUT2D eigenvalue weighted by molar-refractivity contribution is 0.0514. The molecule has 19 heavy (non-hydrogen) atoms. The lowest BCUT2D eigenvalue weighted by Gasteiger charge is -1.98. The molecular formula is C14H15NO3S. The number of carbonyl (C=O) groups excluding carboxylic acids is 1. The highest BCUT2D eigenvalue weighted by atomic mass is 32.2. The number of hydrogen-bond acceptors (Lipinski definition) is 5. The molecule has 0 aliphatic rings. The highest BCUT2D eigenvalue weighted by Gasteiger charge is 2.13. The number of thioether (sulfide) groups is 1. The van der Waals surface area contributed by atoms with Crippen molar-refractivity contribution in [2.75, 3.05) is 6.61 Å². The van der Waals surface area contributed by atoms with E-state index in [1.165, 1.54) is 5.56 Å². The van der Waals surface area contributed by atoms with Crippen LogP contribution < -0.4 is 0 Å². The molecule has 0 saturated carbocycles. The van der Waals surface area contributed by atoms with Crippen molar-refractivity contribution in [2.24, 2.45) is 0 Å². The summed E-state index contributed by atoms with van der Waals surface area (Å²) in [5.41, 5.74) is 1.50. The topological polar surface area (TPSA) is 52.3 Å². The van der Waals surface area contributed by atoms with E-state index in [0.29, 0.717) is 18.1 Å². The number of ether oxygens (including phenoxy) is 1. The van der Waals surface area contributed by atoms with E-state index in [1.807, 2.05) is 18.2 Å². The van der Waals surface area contributed by atoms with Gasteiger partial charge in [0, 0.05) is 11.8 Å². The van der Waals surface area contributed by atoms with Crippen LogP contribution in [0.2, 0.25) is 0 Å². The second-order valence-electron chi connectivity index (χ2n) is 3.88. The third kappa shape index (κ3) is 4.13. The van der Waals surface area contributed by atoms with Gasteiger partial charge in [0.25, 0.3) is 0 Å². The molecule has 0 bridgehead atoms. The van der Waals surface area contributed by atoms with Crippen LogP contribution in [0.3, 0.4) is 0 Å². The largest absolute Gasteiger partial charge is 0.461 e. The van der Waals surface area contributed by atoms with E-state index in [-0.39, 0.29) is 5.69 Å². The average molecular weight is 277 g/mol. The van der Waals surface area contributed by atoms with Gasteiger partial charge in [-0.3, -0.25) is 0 Å². The van der Waals surface area contributed by atoms with E-state index in [4.69, 9.17) is 9.26 Å². The summed E-state index contributed by atoms with van der Waals surface area (Å²) in [7, 11) is 0. The fourth-order valence-corrected chi connectivity index (χ4v) is 2.39. The summed E-state index contributed by atoms with van der Waals surface area (Å²) in [4.78, 5) is 11.4. The minimum Gasteiger partial charge on any atom is -0.461 e. The molecule has 0 unspecified atom stereocenters. The zero-order valence-corrected chi connectivity index (χ0v) is 11.5. The van der Waals surface area contributed by atoms with Gasteiger partial charge in [-0.15, -0.1) is 11.8 Å². The average Bonchev–Trinajstić information content (AvgIpc) is 2.89. The van der Waals surface area contributed by atoms with Crippen molar-refractivity contribution in [1.82, 2.24) is 5.16 Å². The Morgan fingerprint density at radius 3 is 2.84 bits per heavy atom. The van der Waals surface area contributed by atoms with Gasteiger partial charge < -0.3 is 9.26 Å². The SMILES string of the molecule is CCOC(=O)c1cc(CSCc2ccccc2)on1. The first kappa shape index (κ1) is 13.7. The van der Waals surface area contributed by atoms with Crippen LogP contribution in [0.25, 0.3) is 0 Å². The molecular weight excluding hydrogens is 262 g/mol. The molecule has 2 aromatic rings. The molecule has 0 amide bonds. The van der Waals surface area contributed by atoms with Gasteiger partial charge in [0.2, 0.25) is 0 Å². The van der Waals surface area contributed by atoms with E-state index in [2.05, 4.69) is 17.3 Å². The van der Waals surface area contributed by atoms with Crippen molar-refractivity contribution in [3.63, 3.8) is 0 Å². The van der Waals surface area contributed by atoms with Crippen LogP contribution in [0.15, 0.2) is 40.9 Å². The number of nitrogens with zero attached hydrogens (tertiary/aromatic N) is 1. The summed E-state index contributed by atoms with van der Waals surface area (Å²) in [5, 5.41) is 3.70. The maximum Gasteiger partial charge on any atom is 0.360 e. The molecule has 1 heterocycles. The van der Waals surface area contributed by atoms with E-state index in [0.717, 1.165) is 5.75 Å². The van der Waals surface area contributed by atoms with E-state index in [1.54, 1.807) is 24.8 Å². The van der Waals surface area contributed by atoms with Crippen molar-refractivity contribution in [3.05, 3.63) is 53.4 Å². The van der Waals surface area contributed by atoms with Crippen molar-refractivity contribution >= 4 is 17.7 Å². The van der Waals surface area contributed by atoms with Gasteiger partial charge >= 0.3 is 5.97 Å². The first-order valence-corrected chi connectivity index (χ1v) is 7.19. The Hall–Kier alpha value is -1.75. The minimum atomic E-state index is -0.439. The van der Waals surface area contributed by atoms with Crippen LogP contribution in [0.1, 0.15) is 28.7 Å². The molecule has 0 radical (unpaired) electrons. The van der Waals surface area contributed by atoms with E-state index in [9.17, 15) is 4.79 Å². The summed E-state index contributed by atoms with van der Waals surface area (Å²) >= 11 is 1.71. The normalized spacial score (nSPS) is 10.4. The first-order chi connectivity index (χ1) is 9.29. The second-order valence-corrected chi connectivity index (χ2v) is 4.86. The van der Waals surface area contributed by atoms with E-state index >= 15 is 0 Å². The quantitative estimate of drug-likeness (QED) is 0.758. The lowest BCUT2D eigenvalue weighted by Crippen LogP contribution is -2.04. The number of rotatable bonds is 6. The van der Waals surface area contributed by atoms with Crippen LogP contribution >= 0.6 is 11.8 Å². The Morgan fingerprint density at radius 2 is 2.11 bits per heavy atom. The van der Waals surface area contributed by atoms with Gasteiger partial charge in [0.05, 0.1) is 12.4 Å². The first-order valence-electron chi connectivity index (χ1n) is 6.04. The van der Waals surface area contributed by atoms with Gasteiger partial charge in [-0.05, 0) is 12.5 Å². The van der Waals surface area contributed by atoms with Crippen molar-refractivity contribution in [1.29, 1.82) is 0 Å². The Labute approximate surface area is 116 Å². The smallest absolute Gasteiger partial charge is 0.360 e. The summed E-state index contributed by atoms with van der Waals surface area (Å²) in [6.45, 7) is 2.10. The Kier molecular flexibility index (Phi) is 5.03. The minimum absolute atomic E-state index is 0.233. The third-order valence-corrected chi connectivity index (χ3v) is 3.43. The molecule has 100 valence electrons. The summed E-state index contributed by atoms with van der Waals surface area (Å²) in [6.07, 6.45) is 0. The predicted octanol–water partition coefficient (Wildman–Crippen LogP) is 3.28. The van der Waals surface area contributed by atoms with Gasteiger partial charge in [0.15, 0.2) is 5.69 Å². The maximum atomic E-state index is 11.4. The van der Waals surface area contributed by atoms with Crippen LogP contribution in [0.4, 0.5) is 0 Å². The molecule has 5 heteroatoms. The molecule has 1 aromatic carbocycles. The summed E-state index contributed by atoms with van der Waals surface area (Å²) in [6, 6.07) is 11.8. The molecule has 0 spiro atoms. The Balaban J connectivity index is 1.82. The molecule has 4 nitrogen and oxygen atoms in total. The molecule has 2 rings (SSSR count). The van der Waals surface area contributed by atoms with E-state index < -0.39 is 5.97 Å². The van der Waals surface area contributed by atoms with Crippen molar-refractivity contribution < 1.29 is 14.1 Å². The molecule has 0 aliphatic carbocycles. The highest BCUT2D eigenvalue weighted by molar-refractivity contribution is 7.97. The summed E-state index contributed by atoms with van der Waals surface area (Å²) in [5.74, 6) is 1.83. The number of esters is 1. The van der Waals surface area contributed by atoms with Crippen LogP contribution in [0, 0.1) is 0 Å². The van der Waals surface area contributed by atoms with Crippen molar-refractivity contribution in [3.8, 4) is 0 Å². The third-order valence-electron chi connectivity index (χ3n) is 2.40. The second kappa shape index (κ2) is 6.99. The fourth-order valence-electron chi connectivity index (χ4n) is 1.53. The van der Waals surface area contributed by atoms with Gasteiger partial charge in [-0.2, -0.15) is 0 Å². The fraction of sp³-hybridized carbons (Fsp3) is 0.286. The maximum absolute atomic E-state index is 11.4. The molecule has 0 aliphatic heterocycles. The van der Waals surface area contributed by atoms with Crippen LogP contribution in [-0.2, 0) is 16.2 Å². The number of benzene rings is 1. The standard InChI is InChI=1S/C14H15NO3S/c1-2-17-14(16)13-8-12(18-15-13)10-19-9-11-6-4-3-5-7-11/h3-8H,2,9-10H2,1H3. The monoisotopic (exact) mass is 277 g/mol. The molecule has 1 aromatic heterocycles. The zero-order valence-electron chi connectivity index (χ0n) is 10.7. The van der Waals surface area contributed by atoms with Gasteiger partial charge in [-0.25, -0.2) is 4.79 Å². The predicted molar refractivity (Wildman–Crippen MR) is 73.9 cm³/mol. The Bertz CT molecular complexity index is 524. The van der Waals surface area contributed by atoms with Crippen LogP contribution in [0.5, 0.6) is 0 Å².